The molecule has 1 atom stereocenters. The fourth-order valence-electron chi connectivity index (χ4n) is 2.12. The van der Waals surface area contributed by atoms with Gasteiger partial charge in [0, 0.05) is 19.5 Å². The minimum Gasteiger partial charge on any atom is -0.309 e. The summed E-state index contributed by atoms with van der Waals surface area (Å²) in [5.74, 6) is -0.319. The van der Waals surface area contributed by atoms with Crippen molar-refractivity contribution in [2.75, 3.05) is 7.05 Å². The molecule has 0 amide bonds. The highest BCUT2D eigenvalue weighted by Crippen LogP contribution is 2.36. The fourth-order valence-corrected chi connectivity index (χ4v) is 3.44. The molecule has 0 aliphatic rings. The Labute approximate surface area is 139 Å². The fraction of sp³-hybridized carbons (Fsp3) is 0.200. The van der Waals surface area contributed by atoms with Crippen LogP contribution in [0.4, 0.5) is 4.39 Å². The molecule has 0 saturated carbocycles. The third-order valence-corrected chi connectivity index (χ3v) is 5.04. The van der Waals surface area contributed by atoms with Gasteiger partial charge in [-0.1, -0.05) is 49.5 Å². The molecular weight excluding hydrogens is 408 g/mol. The molecule has 2 rings (SSSR count). The summed E-state index contributed by atoms with van der Waals surface area (Å²) < 4.78 is 16.0. The van der Waals surface area contributed by atoms with E-state index in [4.69, 9.17) is 11.6 Å². The van der Waals surface area contributed by atoms with E-state index >= 15 is 0 Å². The lowest BCUT2D eigenvalue weighted by Gasteiger charge is -2.21. The van der Waals surface area contributed by atoms with Crippen molar-refractivity contribution in [1.29, 1.82) is 0 Å². The first-order valence-corrected chi connectivity index (χ1v) is 7.98. The third kappa shape index (κ3) is 3.08. The van der Waals surface area contributed by atoms with Crippen molar-refractivity contribution in [2.24, 2.45) is 0 Å². The Morgan fingerprint density at radius 3 is 2.50 bits per heavy atom. The van der Waals surface area contributed by atoms with E-state index in [9.17, 15) is 4.39 Å². The maximum absolute atomic E-state index is 14.1. The first-order chi connectivity index (χ1) is 9.45. The Balaban J connectivity index is 2.62. The predicted octanol–water partition coefficient (Wildman–Crippen LogP) is 5.62. The third-order valence-electron chi connectivity index (χ3n) is 3.17. The molecule has 0 radical (unpaired) electrons. The number of halogens is 4. The Kier molecular flexibility index (Phi) is 5.24. The molecule has 0 aromatic heterocycles. The first kappa shape index (κ1) is 16.0. The maximum Gasteiger partial charge on any atom is 0.129 e. The summed E-state index contributed by atoms with van der Waals surface area (Å²) in [7, 11) is 1.79. The Morgan fingerprint density at radius 1 is 1.20 bits per heavy atom. The van der Waals surface area contributed by atoms with E-state index < -0.39 is 0 Å². The van der Waals surface area contributed by atoms with Gasteiger partial charge in [-0.2, -0.15) is 0 Å². The number of hydrogen-bond acceptors (Lipinski definition) is 1. The summed E-state index contributed by atoms with van der Waals surface area (Å²) in [6.45, 7) is 2.00. The lowest BCUT2D eigenvalue weighted by molar-refractivity contribution is 0.575. The van der Waals surface area contributed by atoms with Crippen molar-refractivity contribution in [3.63, 3.8) is 0 Å². The molecule has 1 nitrogen and oxygen atoms in total. The van der Waals surface area contributed by atoms with Gasteiger partial charge in [0.15, 0.2) is 0 Å². The summed E-state index contributed by atoms with van der Waals surface area (Å²) in [6.07, 6.45) is 0. The predicted molar refractivity (Wildman–Crippen MR) is 88.9 cm³/mol. The molecule has 5 heteroatoms. The summed E-state index contributed by atoms with van der Waals surface area (Å²) >= 11 is 13.2. The topological polar surface area (TPSA) is 12.0 Å². The van der Waals surface area contributed by atoms with Crippen LogP contribution in [-0.4, -0.2) is 7.05 Å². The highest BCUT2D eigenvalue weighted by molar-refractivity contribution is 9.11. The SMILES string of the molecule is CNC(c1cc(Br)c(C)cc1Br)c1c(F)cccc1Cl. The van der Waals surface area contributed by atoms with Gasteiger partial charge >= 0.3 is 0 Å². The van der Waals surface area contributed by atoms with Gasteiger partial charge in [0.2, 0.25) is 0 Å². The van der Waals surface area contributed by atoms with Gasteiger partial charge in [-0.05, 0) is 49.4 Å². The van der Waals surface area contributed by atoms with Crippen LogP contribution in [-0.2, 0) is 0 Å². The van der Waals surface area contributed by atoms with Crippen LogP contribution in [0.2, 0.25) is 5.02 Å². The number of aryl methyl sites for hydroxylation is 1. The van der Waals surface area contributed by atoms with E-state index in [1.807, 2.05) is 19.1 Å². The van der Waals surface area contributed by atoms with Crippen molar-refractivity contribution in [2.45, 2.75) is 13.0 Å². The molecule has 2 aromatic rings. The van der Waals surface area contributed by atoms with Crippen molar-refractivity contribution in [3.8, 4) is 0 Å². The molecule has 1 unspecified atom stereocenters. The van der Waals surface area contributed by atoms with Crippen molar-refractivity contribution < 1.29 is 4.39 Å². The van der Waals surface area contributed by atoms with Gasteiger partial charge in [-0.15, -0.1) is 0 Å². The normalized spacial score (nSPS) is 12.5. The maximum atomic E-state index is 14.1. The van der Waals surface area contributed by atoms with Gasteiger partial charge in [-0.25, -0.2) is 4.39 Å². The molecule has 0 aliphatic heterocycles. The molecular formula is C15H13Br2ClFN. The van der Waals surface area contributed by atoms with Crippen LogP contribution in [0.3, 0.4) is 0 Å². The van der Waals surface area contributed by atoms with E-state index in [1.165, 1.54) is 6.07 Å². The number of hydrogen-bond donors (Lipinski definition) is 1. The van der Waals surface area contributed by atoms with Gasteiger partial charge in [0.1, 0.15) is 5.82 Å². The molecule has 0 heterocycles. The Hall–Kier alpha value is -0.420. The van der Waals surface area contributed by atoms with Gasteiger partial charge in [0.05, 0.1) is 6.04 Å². The zero-order valence-corrected chi connectivity index (χ0v) is 14.9. The number of rotatable bonds is 3. The molecule has 0 bridgehead atoms. The molecule has 0 fully saturated rings. The second kappa shape index (κ2) is 6.56. The van der Waals surface area contributed by atoms with E-state index in [0.717, 1.165) is 20.1 Å². The lowest BCUT2D eigenvalue weighted by atomic mass is 9.97. The van der Waals surface area contributed by atoms with E-state index in [1.54, 1.807) is 19.2 Å². The van der Waals surface area contributed by atoms with Crippen LogP contribution in [0.1, 0.15) is 22.7 Å². The second-order valence-electron chi connectivity index (χ2n) is 4.48. The molecule has 20 heavy (non-hydrogen) atoms. The van der Waals surface area contributed by atoms with Gasteiger partial charge < -0.3 is 5.32 Å². The van der Waals surface area contributed by atoms with E-state index in [0.29, 0.717) is 10.6 Å². The minimum absolute atomic E-state index is 0.319. The van der Waals surface area contributed by atoms with Crippen LogP contribution in [0, 0.1) is 12.7 Å². The van der Waals surface area contributed by atoms with Gasteiger partial charge in [0.25, 0.3) is 0 Å². The smallest absolute Gasteiger partial charge is 0.129 e. The highest BCUT2D eigenvalue weighted by atomic mass is 79.9. The highest BCUT2D eigenvalue weighted by Gasteiger charge is 2.22. The van der Waals surface area contributed by atoms with Gasteiger partial charge in [-0.3, -0.25) is 0 Å². The standard InChI is InChI=1S/C15H13Br2ClFN/c1-8-6-11(17)9(7-10(8)16)15(20-2)14-12(18)4-3-5-13(14)19/h3-7,15,20H,1-2H3. The van der Waals surface area contributed by atoms with Crippen molar-refractivity contribution in [1.82, 2.24) is 5.32 Å². The zero-order chi connectivity index (χ0) is 14.9. The Morgan fingerprint density at radius 2 is 1.90 bits per heavy atom. The summed E-state index contributed by atoms with van der Waals surface area (Å²) in [6, 6.07) is 8.37. The van der Waals surface area contributed by atoms with Crippen LogP contribution < -0.4 is 5.32 Å². The molecule has 1 N–H and O–H groups in total. The molecule has 106 valence electrons. The number of nitrogens with one attached hydrogen (secondary N) is 1. The van der Waals surface area contributed by atoms with Crippen LogP contribution in [0.5, 0.6) is 0 Å². The molecule has 0 saturated heterocycles. The summed E-state index contributed by atoms with van der Waals surface area (Å²) in [5, 5.41) is 3.54. The Bertz CT molecular complexity index is 626. The minimum atomic E-state index is -0.324. The summed E-state index contributed by atoms with van der Waals surface area (Å²) in [5.41, 5.74) is 2.49. The monoisotopic (exact) mass is 419 g/mol. The van der Waals surface area contributed by atoms with E-state index in [2.05, 4.69) is 37.2 Å². The average Bonchev–Trinajstić information content (AvgIpc) is 2.39. The van der Waals surface area contributed by atoms with Crippen LogP contribution in [0.25, 0.3) is 0 Å². The van der Waals surface area contributed by atoms with Crippen LogP contribution in [0.15, 0.2) is 39.3 Å². The van der Waals surface area contributed by atoms with E-state index in [-0.39, 0.29) is 11.9 Å². The zero-order valence-electron chi connectivity index (χ0n) is 11.0. The largest absolute Gasteiger partial charge is 0.309 e. The lowest BCUT2D eigenvalue weighted by Crippen LogP contribution is -2.20. The quantitative estimate of drug-likeness (QED) is 0.678. The van der Waals surface area contributed by atoms with Crippen molar-refractivity contribution >= 4 is 43.5 Å². The molecule has 2 aromatic carbocycles. The molecule has 0 aliphatic carbocycles. The first-order valence-electron chi connectivity index (χ1n) is 6.02. The molecule has 0 spiro atoms. The summed E-state index contributed by atoms with van der Waals surface area (Å²) in [4.78, 5) is 0. The average molecular weight is 422 g/mol. The number of benzene rings is 2. The second-order valence-corrected chi connectivity index (χ2v) is 6.60. The van der Waals surface area contributed by atoms with Crippen molar-refractivity contribution in [3.05, 3.63) is 66.8 Å². The van der Waals surface area contributed by atoms with Crippen LogP contribution >= 0.6 is 43.5 Å².